The smallest absolute Gasteiger partial charge is 0.240 e. The molecule has 0 amide bonds. The number of fused-ring (bicyclic) bond motifs is 1. The Labute approximate surface area is 139 Å². The van der Waals surface area contributed by atoms with E-state index in [0.29, 0.717) is 0 Å². The van der Waals surface area contributed by atoms with Gasteiger partial charge in [0.2, 0.25) is 10.0 Å². The van der Waals surface area contributed by atoms with Crippen molar-refractivity contribution >= 4 is 32.1 Å². The van der Waals surface area contributed by atoms with Gasteiger partial charge in [-0.05, 0) is 41.3 Å². The van der Waals surface area contributed by atoms with E-state index < -0.39 is 15.6 Å². The summed E-state index contributed by atoms with van der Waals surface area (Å²) in [7, 11) is -3.68. The fourth-order valence-electron chi connectivity index (χ4n) is 2.33. The SMILES string of the molecule is CC(O)(CNS(=O)(=O)c1ccc2ccccc2c1)c1cccs1. The Morgan fingerprint density at radius 3 is 2.52 bits per heavy atom. The molecule has 3 aromatic rings. The van der Waals surface area contributed by atoms with E-state index in [2.05, 4.69) is 4.72 Å². The van der Waals surface area contributed by atoms with Crippen LogP contribution in [0.25, 0.3) is 10.8 Å². The maximum absolute atomic E-state index is 12.5. The summed E-state index contributed by atoms with van der Waals surface area (Å²) in [6, 6.07) is 16.2. The molecule has 0 aliphatic carbocycles. The van der Waals surface area contributed by atoms with Crippen molar-refractivity contribution in [3.63, 3.8) is 0 Å². The predicted octanol–water partition coefficient (Wildman–Crippen LogP) is 3.09. The van der Waals surface area contributed by atoms with Crippen molar-refractivity contribution in [1.29, 1.82) is 0 Å². The van der Waals surface area contributed by atoms with Gasteiger partial charge in [-0.3, -0.25) is 0 Å². The van der Waals surface area contributed by atoms with Gasteiger partial charge in [0.15, 0.2) is 0 Å². The molecule has 0 saturated heterocycles. The van der Waals surface area contributed by atoms with Crippen LogP contribution in [0.2, 0.25) is 0 Å². The van der Waals surface area contributed by atoms with E-state index in [1.807, 2.05) is 35.7 Å². The molecule has 1 atom stereocenters. The van der Waals surface area contributed by atoms with E-state index in [4.69, 9.17) is 0 Å². The average molecular weight is 347 g/mol. The van der Waals surface area contributed by atoms with Crippen LogP contribution < -0.4 is 4.72 Å². The Hall–Kier alpha value is -1.73. The standard InChI is InChI=1S/C17H17NO3S2/c1-17(19,16-7-4-10-22-16)12-18-23(20,21)15-9-8-13-5-2-3-6-14(13)11-15/h2-11,18-19H,12H2,1H3. The minimum absolute atomic E-state index is 0.0807. The van der Waals surface area contributed by atoms with Crippen LogP contribution in [0.15, 0.2) is 64.9 Å². The summed E-state index contributed by atoms with van der Waals surface area (Å²) in [4.78, 5) is 0.914. The summed E-state index contributed by atoms with van der Waals surface area (Å²) in [6.07, 6.45) is 0. The van der Waals surface area contributed by atoms with Crippen molar-refractivity contribution in [2.75, 3.05) is 6.54 Å². The Balaban J connectivity index is 1.83. The van der Waals surface area contributed by atoms with Gasteiger partial charge < -0.3 is 5.11 Å². The summed E-state index contributed by atoms with van der Waals surface area (Å²) < 4.78 is 27.4. The summed E-state index contributed by atoms with van der Waals surface area (Å²) in [5, 5.41) is 14.1. The van der Waals surface area contributed by atoms with Gasteiger partial charge >= 0.3 is 0 Å². The third-order valence-electron chi connectivity index (χ3n) is 3.69. The fourth-order valence-corrected chi connectivity index (χ4v) is 4.28. The van der Waals surface area contributed by atoms with Gasteiger partial charge in [0.05, 0.1) is 4.90 Å². The fraction of sp³-hybridized carbons (Fsp3) is 0.176. The van der Waals surface area contributed by atoms with Gasteiger partial charge in [-0.25, -0.2) is 13.1 Å². The zero-order chi connectivity index (χ0) is 16.5. The molecule has 2 aromatic carbocycles. The minimum atomic E-state index is -3.68. The molecule has 0 fully saturated rings. The maximum Gasteiger partial charge on any atom is 0.240 e. The number of aliphatic hydroxyl groups is 1. The molecule has 4 nitrogen and oxygen atoms in total. The average Bonchev–Trinajstić information content (AvgIpc) is 3.08. The number of hydrogen-bond acceptors (Lipinski definition) is 4. The van der Waals surface area contributed by atoms with Gasteiger partial charge in [0.25, 0.3) is 0 Å². The van der Waals surface area contributed by atoms with E-state index in [-0.39, 0.29) is 11.4 Å². The van der Waals surface area contributed by atoms with E-state index in [9.17, 15) is 13.5 Å². The highest BCUT2D eigenvalue weighted by atomic mass is 32.2. The number of benzene rings is 2. The number of nitrogens with one attached hydrogen (secondary N) is 1. The molecule has 120 valence electrons. The third kappa shape index (κ3) is 3.45. The van der Waals surface area contributed by atoms with Crippen LogP contribution >= 0.6 is 11.3 Å². The van der Waals surface area contributed by atoms with Crippen LogP contribution in [-0.2, 0) is 15.6 Å². The molecule has 0 bridgehead atoms. The van der Waals surface area contributed by atoms with E-state index in [0.717, 1.165) is 15.6 Å². The normalized spacial score (nSPS) is 14.7. The van der Waals surface area contributed by atoms with E-state index in [1.165, 1.54) is 11.3 Å². The van der Waals surface area contributed by atoms with Crippen molar-refractivity contribution in [3.05, 3.63) is 64.9 Å². The Morgan fingerprint density at radius 1 is 1.09 bits per heavy atom. The van der Waals surface area contributed by atoms with Gasteiger partial charge in [-0.2, -0.15) is 0 Å². The van der Waals surface area contributed by atoms with Crippen molar-refractivity contribution in [1.82, 2.24) is 4.72 Å². The van der Waals surface area contributed by atoms with Gasteiger partial charge in [0, 0.05) is 11.4 Å². The number of thiophene rings is 1. The molecule has 2 N–H and O–H groups in total. The van der Waals surface area contributed by atoms with Crippen molar-refractivity contribution in [2.24, 2.45) is 0 Å². The number of hydrogen-bond donors (Lipinski definition) is 2. The molecule has 0 saturated carbocycles. The molecule has 0 aliphatic rings. The zero-order valence-electron chi connectivity index (χ0n) is 12.6. The quantitative estimate of drug-likeness (QED) is 0.745. The van der Waals surface area contributed by atoms with Gasteiger partial charge in [-0.15, -0.1) is 11.3 Å². The van der Waals surface area contributed by atoms with E-state index >= 15 is 0 Å². The van der Waals surface area contributed by atoms with Crippen molar-refractivity contribution in [2.45, 2.75) is 17.4 Å². The molecule has 6 heteroatoms. The first-order valence-electron chi connectivity index (χ1n) is 7.13. The molecule has 0 aliphatic heterocycles. The molecule has 0 spiro atoms. The van der Waals surface area contributed by atoms with Crippen molar-refractivity contribution < 1.29 is 13.5 Å². The first-order valence-corrected chi connectivity index (χ1v) is 9.50. The zero-order valence-corrected chi connectivity index (χ0v) is 14.2. The van der Waals surface area contributed by atoms with Crippen LogP contribution in [0.4, 0.5) is 0 Å². The lowest BCUT2D eigenvalue weighted by Crippen LogP contribution is -2.38. The number of sulfonamides is 1. The first kappa shape index (κ1) is 16.1. The van der Waals surface area contributed by atoms with Crippen LogP contribution in [-0.4, -0.2) is 20.1 Å². The number of rotatable bonds is 5. The lowest BCUT2D eigenvalue weighted by Gasteiger charge is -2.22. The topological polar surface area (TPSA) is 66.4 Å². The van der Waals surface area contributed by atoms with Gasteiger partial charge in [0.1, 0.15) is 5.60 Å². The third-order valence-corrected chi connectivity index (χ3v) is 6.21. The van der Waals surface area contributed by atoms with Crippen LogP contribution in [0.1, 0.15) is 11.8 Å². The summed E-state index contributed by atoms with van der Waals surface area (Å²) in [5.41, 5.74) is -1.24. The summed E-state index contributed by atoms with van der Waals surface area (Å²) >= 11 is 1.39. The van der Waals surface area contributed by atoms with Crippen molar-refractivity contribution in [3.8, 4) is 0 Å². The second-order valence-corrected chi connectivity index (χ2v) is 8.30. The highest BCUT2D eigenvalue weighted by Crippen LogP contribution is 2.25. The molecule has 23 heavy (non-hydrogen) atoms. The molecule has 1 aromatic heterocycles. The molecular weight excluding hydrogens is 330 g/mol. The first-order chi connectivity index (χ1) is 10.9. The molecule has 3 rings (SSSR count). The maximum atomic E-state index is 12.5. The molecular formula is C17H17NO3S2. The molecule has 1 heterocycles. The van der Waals surface area contributed by atoms with Crippen LogP contribution in [0, 0.1) is 0 Å². The largest absolute Gasteiger partial charge is 0.383 e. The van der Waals surface area contributed by atoms with Crippen LogP contribution in [0.3, 0.4) is 0 Å². The Morgan fingerprint density at radius 2 is 1.83 bits per heavy atom. The predicted molar refractivity (Wildman–Crippen MR) is 93.0 cm³/mol. The Bertz CT molecular complexity index is 916. The highest BCUT2D eigenvalue weighted by molar-refractivity contribution is 7.89. The summed E-state index contributed by atoms with van der Waals surface area (Å²) in [6.45, 7) is 1.52. The van der Waals surface area contributed by atoms with E-state index in [1.54, 1.807) is 31.2 Å². The monoisotopic (exact) mass is 347 g/mol. The highest BCUT2D eigenvalue weighted by Gasteiger charge is 2.27. The second kappa shape index (κ2) is 6.05. The lowest BCUT2D eigenvalue weighted by molar-refractivity contribution is 0.0666. The second-order valence-electron chi connectivity index (χ2n) is 5.58. The lowest BCUT2D eigenvalue weighted by atomic mass is 10.1. The molecule has 0 radical (unpaired) electrons. The molecule has 1 unspecified atom stereocenters. The summed E-state index contributed by atoms with van der Waals surface area (Å²) in [5.74, 6) is 0. The van der Waals surface area contributed by atoms with Gasteiger partial charge in [-0.1, -0.05) is 36.4 Å². The van der Waals surface area contributed by atoms with Crippen LogP contribution in [0.5, 0.6) is 0 Å². The minimum Gasteiger partial charge on any atom is -0.383 e. The Kier molecular flexibility index (Phi) is 4.25.